The molecule has 0 radical (unpaired) electrons. The van der Waals surface area contributed by atoms with Crippen LogP contribution < -0.4 is 10.6 Å². The molecule has 0 atom stereocenters. The maximum absolute atomic E-state index is 11.7. The number of halogens is 1. The summed E-state index contributed by atoms with van der Waals surface area (Å²) in [6.45, 7) is 3.42. The number of pyridine rings is 2. The van der Waals surface area contributed by atoms with Crippen molar-refractivity contribution in [2.75, 3.05) is 31.1 Å². The zero-order valence-corrected chi connectivity index (χ0v) is 14.6. The van der Waals surface area contributed by atoms with Crippen LogP contribution in [-0.2, 0) is 6.54 Å². The number of nitro groups is 1. The molecule has 1 fully saturated rings. The van der Waals surface area contributed by atoms with Gasteiger partial charge >= 0.3 is 0 Å². The first-order valence-electron chi connectivity index (χ1n) is 7.96. The van der Waals surface area contributed by atoms with Crippen molar-refractivity contribution in [1.82, 2.24) is 14.9 Å². The third-order valence-corrected chi connectivity index (χ3v) is 4.40. The first kappa shape index (κ1) is 18.0. The molecule has 0 spiro atoms. The quantitative estimate of drug-likeness (QED) is 0.619. The van der Waals surface area contributed by atoms with Crippen molar-refractivity contribution < 1.29 is 9.72 Å². The molecule has 0 aromatic carbocycles. The standard InChI is InChI=1S/C16H17ClN6O3/c17-11-1-2-12(19-8-11)10-21-3-5-22(6-4-21)16-14(15(18)24)7-13(9-20-16)23(25)26/h1-2,7-9H,3-6,10H2,(H2,18,24). The lowest BCUT2D eigenvalue weighted by atomic mass is 10.2. The second-order valence-electron chi connectivity index (χ2n) is 5.92. The molecule has 1 aliphatic heterocycles. The molecule has 1 aliphatic rings. The summed E-state index contributed by atoms with van der Waals surface area (Å²) in [6, 6.07) is 4.87. The van der Waals surface area contributed by atoms with Crippen molar-refractivity contribution in [1.29, 1.82) is 0 Å². The lowest BCUT2D eigenvalue weighted by molar-refractivity contribution is -0.385. The molecule has 26 heavy (non-hydrogen) atoms. The van der Waals surface area contributed by atoms with Gasteiger partial charge in [0.1, 0.15) is 12.0 Å². The number of carbonyl (C=O) groups is 1. The first-order chi connectivity index (χ1) is 12.4. The van der Waals surface area contributed by atoms with Crippen LogP contribution in [0, 0.1) is 10.1 Å². The van der Waals surface area contributed by atoms with Crippen molar-refractivity contribution in [3.05, 3.63) is 57.0 Å². The average molecular weight is 377 g/mol. The van der Waals surface area contributed by atoms with Gasteiger partial charge in [-0.3, -0.25) is 24.8 Å². The van der Waals surface area contributed by atoms with Crippen LogP contribution in [0.4, 0.5) is 11.5 Å². The van der Waals surface area contributed by atoms with Gasteiger partial charge in [-0.2, -0.15) is 0 Å². The minimum absolute atomic E-state index is 0.0621. The zero-order chi connectivity index (χ0) is 18.7. The van der Waals surface area contributed by atoms with Crippen LogP contribution in [-0.4, -0.2) is 51.9 Å². The predicted octanol–water partition coefficient (Wildman–Crippen LogP) is 1.46. The van der Waals surface area contributed by atoms with E-state index in [9.17, 15) is 14.9 Å². The number of anilines is 1. The number of carbonyl (C=O) groups excluding carboxylic acids is 1. The maximum Gasteiger partial charge on any atom is 0.288 e. The van der Waals surface area contributed by atoms with Crippen LogP contribution in [0.1, 0.15) is 16.1 Å². The number of nitrogens with zero attached hydrogens (tertiary/aromatic N) is 5. The fourth-order valence-electron chi connectivity index (χ4n) is 2.83. The lowest BCUT2D eigenvalue weighted by Crippen LogP contribution is -2.47. The molecule has 2 aromatic rings. The van der Waals surface area contributed by atoms with Gasteiger partial charge in [-0.25, -0.2) is 4.98 Å². The number of rotatable bonds is 5. The highest BCUT2D eigenvalue weighted by Gasteiger charge is 2.24. The Kier molecular flexibility index (Phi) is 5.29. The molecular weight excluding hydrogens is 360 g/mol. The van der Waals surface area contributed by atoms with Gasteiger partial charge in [-0.1, -0.05) is 11.6 Å². The number of piperazine rings is 1. The van der Waals surface area contributed by atoms with Gasteiger partial charge in [0.05, 0.1) is 21.2 Å². The van der Waals surface area contributed by atoms with E-state index in [1.807, 2.05) is 11.0 Å². The van der Waals surface area contributed by atoms with Gasteiger partial charge in [0.25, 0.3) is 11.6 Å². The van der Waals surface area contributed by atoms with Crippen LogP contribution in [0.2, 0.25) is 5.02 Å². The highest BCUT2D eigenvalue weighted by atomic mass is 35.5. The normalized spacial score (nSPS) is 15.0. The SMILES string of the molecule is NC(=O)c1cc([N+](=O)[O-])cnc1N1CCN(Cc2ccc(Cl)cn2)CC1. The summed E-state index contributed by atoms with van der Waals surface area (Å²) < 4.78 is 0. The topological polar surface area (TPSA) is 118 Å². The summed E-state index contributed by atoms with van der Waals surface area (Å²) in [7, 11) is 0. The molecule has 1 amide bonds. The second-order valence-corrected chi connectivity index (χ2v) is 6.35. The van der Waals surface area contributed by atoms with Crippen LogP contribution in [0.25, 0.3) is 0 Å². The van der Waals surface area contributed by atoms with Gasteiger partial charge in [-0.15, -0.1) is 0 Å². The number of amides is 1. The molecule has 3 heterocycles. The van der Waals surface area contributed by atoms with E-state index in [1.165, 1.54) is 6.07 Å². The van der Waals surface area contributed by atoms with Gasteiger partial charge in [0.2, 0.25) is 0 Å². The van der Waals surface area contributed by atoms with E-state index >= 15 is 0 Å². The highest BCUT2D eigenvalue weighted by Crippen LogP contribution is 2.23. The molecular formula is C16H17ClN6O3. The fourth-order valence-corrected chi connectivity index (χ4v) is 2.94. The van der Waals surface area contributed by atoms with E-state index < -0.39 is 10.8 Å². The van der Waals surface area contributed by atoms with E-state index in [1.54, 1.807) is 12.3 Å². The van der Waals surface area contributed by atoms with Crippen molar-refractivity contribution in [3.8, 4) is 0 Å². The molecule has 0 aliphatic carbocycles. The van der Waals surface area contributed by atoms with Crippen molar-refractivity contribution in [2.45, 2.75) is 6.54 Å². The Morgan fingerprint density at radius 3 is 2.54 bits per heavy atom. The Bertz CT molecular complexity index is 821. The minimum atomic E-state index is -0.732. The van der Waals surface area contributed by atoms with Crippen molar-refractivity contribution in [2.24, 2.45) is 5.73 Å². The Morgan fingerprint density at radius 2 is 1.96 bits per heavy atom. The molecule has 10 heteroatoms. The van der Waals surface area contributed by atoms with Crippen LogP contribution >= 0.6 is 11.6 Å². The van der Waals surface area contributed by atoms with Gasteiger partial charge < -0.3 is 10.6 Å². The third-order valence-electron chi connectivity index (χ3n) is 4.17. The number of nitrogens with two attached hydrogens (primary N) is 1. The number of primary amides is 1. The highest BCUT2D eigenvalue weighted by molar-refractivity contribution is 6.30. The van der Waals surface area contributed by atoms with Gasteiger partial charge in [-0.05, 0) is 12.1 Å². The van der Waals surface area contributed by atoms with E-state index in [-0.39, 0.29) is 11.3 Å². The van der Waals surface area contributed by atoms with Crippen LogP contribution in [0.15, 0.2) is 30.6 Å². The first-order valence-corrected chi connectivity index (χ1v) is 8.34. The molecule has 2 aromatic heterocycles. The summed E-state index contributed by atoms with van der Waals surface area (Å²) >= 11 is 5.84. The van der Waals surface area contributed by atoms with Crippen molar-refractivity contribution >= 4 is 29.0 Å². The molecule has 136 valence electrons. The van der Waals surface area contributed by atoms with Gasteiger partial charge in [0.15, 0.2) is 0 Å². The Hall–Kier alpha value is -2.78. The number of hydrogen-bond donors (Lipinski definition) is 1. The van der Waals surface area contributed by atoms with Crippen LogP contribution in [0.5, 0.6) is 0 Å². The Balaban J connectivity index is 1.68. The summed E-state index contributed by atoms with van der Waals surface area (Å²) in [4.78, 5) is 34.5. The fraction of sp³-hybridized carbons (Fsp3) is 0.312. The predicted molar refractivity (Wildman–Crippen MR) is 96.1 cm³/mol. The molecule has 9 nitrogen and oxygen atoms in total. The van der Waals surface area contributed by atoms with Crippen molar-refractivity contribution in [3.63, 3.8) is 0 Å². The molecule has 1 saturated heterocycles. The van der Waals surface area contributed by atoms with Gasteiger partial charge in [0, 0.05) is 45.0 Å². The van der Waals surface area contributed by atoms with E-state index in [4.69, 9.17) is 17.3 Å². The lowest BCUT2D eigenvalue weighted by Gasteiger charge is -2.35. The molecule has 0 bridgehead atoms. The number of aromatic nitrogens is 2. The summed E-state index contributed by atoms with van der Waals surface area (Å²) in [5, 5.41) is 11.5. The largest absolute Gasteiger partial charge is 0.365 e. The zero-order valence-electron chi connectivity index (χ0n) is 13.8. The monoisotopic (exact) mass is 376 g/mol. The molecule has 0 saturated carbocycles. The summed E-state index contributed by atoms with van der Waals surface area (Å²) in [5.41, 5.74) is 6.11. The Labute approximate surface area is 154 Å². The third kappa shape index (κ3) is 4.06. The average Bonchev–Trinajstić information content (AvgIpc) is 2.63. The Morgan fingerprint density at radius 1 is 1.23 bits per heavy atom. The minimum Gasteiger partial charge on any atom is -0.365 e. The summed E-state index contributed by atoms with van der Waals surface area (Å²) in [5.74, 6) is -0.351. The molecule has 2 N–H and O–H groups in total. The van der Waals surface area contributed by atoms with E-state index in [2.05, 4.69) is 14.9 Å². The smallest absolute Gasteiger partial charge is 0.288 e. The molecule has 0 unspecified atom stereocenters. The number of hydrogen-bond acceptors (Lipinski definition) is 7. The second kappa shape index (κ2) is 7.63. The van der Waals surface area contributed by atoms with E-state index in [0.29, 0.717) is 30.5 Å². The summed E-state index contributed by atoms with van der Waals surface area (Å²) in [6.07, 6.45) is 2.76. The maximum atomic E-state index is 11.7. The molecule has 3 rings (SSSR count). The van der Waals surface area contributed by atoms with E-state index in [0.717, 1.165) is 25.0 Å². The van der Waals surface area contributed by atoms with Crippen LogP contribution in [0.3, 0.4) is 0 Å².